The van der Waals surface area contributed by atoms with E-state index in [0.717, 1.165) is 11.4 Å². The van der Waals surface area contributed by atoms with Gasteiger partial charge in [0.15, 0.2) is 0 Å². The molecule has 1 radical (unpaired) electrons. The van der Waals surface area contributed by atoms with Crippen LogP contribution in [0.4, 0.5) is 0 Å². The van der Waals surface area contributed by atoms with Crippen LogP contribution in [0.3, 0.4) is 0 Å². The summed E-state index contributed by atoms with van der Waals surface area (Å²) in [7, 11) is 3.48. The van der Waals surface area contributed by atoms with E-state index in [0.29, 0.717) is 0 Å². The Morgan fingerprint density at radius 1 is 0.944 bits per heavy atom. The molecule has 1 rings (SSSR count). The van der Waals surface area contributed by atoms with Crippen LogP contribution in [0, 0.1) is 0 Å². The molecule has 5 nitrogen and oxygen atoms in total. The molecule has 0 atom stereocenters. The maximum atomic E-state index is 4.27. The number of nitrogens with zero attached hydrogens (tertiary/aromatic N) is 3. The molecule has 1 heterocycles. The second kappa shape index (κ2) is 16.5. The van der Waals surface area contributed by atoms with Gasteiger partial charge in [-0.15, -0.1) is 0 Å². The standard InChI is InChI=1S/C9H13N5.3ClH.V/c1-10-12-6-8-4-3-5-9(14-8)7-13-11-2;;;;/h3-7,10-11H,1-2H3;3*1H;/p-3. The average molecular weight is 349 g/mol. The molecule has 2 N–H and O–H groups in total. The Bertz CT molecular complexity index is 319. The quantitative estimate of drug-likeness (QED) is 0.420. The maximum Gasteiger partial charge on any atom is 0.0838 e. The van der Waals surface area contributed by atoms with Gasteiger partial charge in [0.2, 0.25) is 0 Å². The molecule has 0 aromatic carbocycles. The molecule has 0 unspecified atom stereocenters. The predicted octanol–water partition coefficient (Wildman–Crippen LogP) is -8.80. The van der Waals surface area contributed by atoms with Crippen molar-refractivity contribution in [3.8, 4) is 0 Å². The van der Waals surface area contributed by atoms with Crippen LogP contribution in [0.1, 0.15) is 11.4 Å². The molecule has 0 spiro atoms. The van der Waals surface area contributed by atoms with Crippen molar-refractivity contribution in [3.63, 3.8) is 0 Å². The number of halogens is 3. The third-order valence-electron chi connectivity index (χ3n) is 1.44. The molecule has 0 saturated heterocycles. The van der Waals surface area contributed by atoms with E-state index in [9.17, 15) is 0 Å². The van der Waals surface area contributed by atoms with Crippen molar-refractivity contribution in [3.05, 3.63) is 29.6 Å². The van der Waals surface area contributed by atoms with Gasteiger partial charge in [-0.3, -0.25) is 0 Å². The minimum Gasteiger partial charge on any atom is -1.00 e. The van der Waals surface area contributed by atoms with Crippen LogP contribution in [0.25, 0.3) is 0 Å². The Labute approximate surface area is 137 Å². The van der Waals surface area contributed by atoms with E-state index >= 15 is 0 Å². The van der Waals surface area contributed by atoms with Gasteiger partial charge in [-0.05, 0) is 12.1 Å². The zero-order chi connectivity index (χ0) is 10.2. The third kappa shape index (κ3) is 10.7. The summed E-state index contributed by atoms with van der Waals surface area (Å²) in [5.41, 5.74) is 6.91. The molecule has 0 aliphatic rings. The Kier molecular flexibility index (Phi) is 24.1. The fourth-order valence-corrected chi connectivity index (χ4v) is 0.874. The van der Waals surface area contributed by atoms with E-state index in [1.165, 1.54) is 0 Å². The molecule has 18 heavy (non-hydrogen) atoms. The summed E-state index contributed by atoms with van der Waals surface area (Å²) >= 11 is 0. The van der Waals surface area contributed by atoms with E-state index in [4.69, 9.17) is 0 Å². The molecule has 0 saturated carbocycles. The summed E-state index contributed by atoms with van der Waals surface area (Å²) in [6.07, 6.45) is 3.30. The molecule has 1 aromatic rings. The molecule has 0 aliphatic carbocycles. The number of rotatable bonds is 4. The summed E-state index contributed by atoms with van der Waals surface area (Å²) in [5, 5.41) is 7.73. The van der Waals surface area contributed by atoms with Crippen LogP contribution in [0.2, 0.25) is 0 Å². The molecular weight excluding hydrogens is 335 g/mol. The molecule has 0 fully saturated rings. The van der Waals surface area contributed by atoms with Gasteiger partial charge in [0, 0.05) is 32.7 Å². The maximum absolute atomic E-state index is 4.27. The van der Waals surface area contributed by atoms with Gasteiger partial charge in [-0.1, -0.05) is 6.07 Å². The molecule has 9 heteroatoms. The van der Waals surface area contributed by atoms with Gasteiger partial charge in [0.05, 0.1) is 23.8 Å². The van der Waals surface area contributed by atoms with Gasteiger partial charge >= 0.3 is 0 Å². The van der Waals surface area contributed by atoms with Crippen LogP contribution in [0.5, 0.6) is 0 Å². The van der Waals surface area contributed by atoms with Crippen molar-refractivity contribution in [2.24, 2.45) is 10.2 Å². The third-order valence-corrected chi connectivity index (χ3v) is 1.44. The molecule has 0 bridgehead atoms. The monoisotopic (exact) mass is 347 g/mol. The zero-order valence-corrected chi connectivity index (χ0v) is 13.5. The Hall–Kier alpha value is -0.456. The average Bonchev–Trinajstić information content (AvgIpc) is 2.24. The van der Waals surface area contributed by atoms with Crippen molar-refractivity contribution in [2.75, 3.05) is 14.1 Å². The van der Waals surface area contributed by atoms with Crippen molar-refractivity contribution in [1.29, 1.82) is 0 Å². The number of pyridine rings is 1. The second-order valence-corrected chi connectivity index (χ2v) is 2.45. The van der Waals surface area contributed by atoms with Gasteiger partial charge < -0.3 is 48.1 Å². The fourth-order valence-electron chi connectivity index (χ4n) is 0.874. The van der Waals surface area contributed by atoms with Gasteiger partial charge in [0.25, 0.3) is 0 Å². The molecular formula is C9H13Cl3N5V-3. The first-order valence-electron chi connectivity index (χ1n) is 4.23. The summed E-state index contributed by atoms with van der Waals surface area (Å²) in [4.78, 5) is 4.27. The van der Waals surface area contributed by atoms with Crippen LogP contribution in [-0.2, 0) is 18.6 Å². The number of aromatic nitrogens is 1. The van der Waals surface area contributed by atoms with Crippen LogP contribution < -0.4 is 48.1 Å². The minimum absolute atomic E-state index is 0. The van der Waals surface area contributed by atoms with Crippen molar-refractivity contribution >= 4 is 12.4 Å². The predicted molar refractivity (Wildman–Crippen MR) is 57.5 cm³/mol. The van der Waals surface area contributed by atoms with Gasteiger partial charge in [0.1, 0.15) is 0 Å². The molecule has 0 amide bonds. The first-order valence-corrected chi connectivity index (χ1v) is 4.23. The van der Waals surface area contributed by atoms with Crippen molar-refractivity contribution < 1.29 is 55.8 Å². The van der Waals surface area contributed by atoms with Gasteiger partial charge in [-0.25, -0.2) is 4.98 Å². The zero-order valence-electron chi connectivity index (χ0n) is 9.81. The number of hydrogen-bond donors (Lipinski definition) is 2. The SMILES string of the molecule is CNN=Cc1cccc(C=NNC)n1.[Cl-].[Cl-].[Cl-].[V]. The van der Waals surface area contributed by atoms with Crippen LogP contribution in [0.15, 0.2) is 28.4 Å². The molecule has 103 valence electrons. The van der Waals surface area contributed by atoms with Crippen LogP contribution in [-0.4, -0.2) is 31.5 Å². The van der Waals surface area contributed by atoms with Crippen LogP contribution >= 0.6 is 0 Å². The first kappa shape index (κ1) is 26.2. The number of nitrogens with one attached hydrogen (secondary N) is 2. The topological polar surface area (TPSA) is 61.7 Å². The Balaban J connectivity index is -0.000000245. The first-order chi connectivity index (χ1) is 6.86. The molecule has 0 aliphatic heterocycles. The summed E-state index contributed by atoms with van der Waals surface area (Å²) in [5.74, 6) is 0. The minimum atomic E-state index is 0. The summed E-state index contributed by atoms with van der Waals surface area (Å²) in [6.45, 7) is 0. The number of hydrogen-bond acceptors (Lipinski definition) is 5. The molecule has 1 aromatic heterocycles. The summed E-state index contributed by atoms with van der Waals surface area (Å²) in [6, 6.07) is 5.65. The smallest absolute Gasteiger partial charge is 0.0838 e. The fraction of sp³-hybridized carbons (Fsp3) is 0.222. The number of hydrazone groups is 2. The van der Waals surface area contributed by atoms with E-state index in [2.05, 4.69) is 26.0 Å². The van der Waals surface area contributed by atoms with Crippen molar-refractivity contribution in [2.45, 2.75) is 0 Å². The van der Waals surface area contributed by atoms with Crippen molar-refractivity contribution in [1.82, 2.24) is 15.8 Å². The van der Waals surface area contributed by atoms with E-state index in [-0.39, 0.29) is 55.8 Å². The van der Waals surface area contributed by atoms with E-state index < -0.39 is 0 Å². The van der Waals surface area contributed by atoms with Gasteiger partial charge in [-0.2, -0.15) is 10.2 Å². The van der Waals surface area contributed by atoms with E-state index in [1.54, 1.807) is 26.5 Å². The van der Waals surface area contributed by atoms with E-state index in [1.807, 2.05) is 18.2 Å². The summed E-state index contributed by atoms with van der Waals surface area (Å²) < 4.78 is 0. The Morgan fingerprint density at radius 3 is 1.67 bits per heavy atom. The second-order valence-electron chi connectivity index (χ2n) is 2.45. The normalized spacial score (nSPS) is 8.56. The largest absolute Gasteiger partial charge is 1.00 e. The Morgan fingerprint density at radius 2 is 1.33 bits per heavy atom.